The maximum Gasteiger partial charge on any atom is 0.224 e. The number of carbonyl (C=O) groups excluding carboxylic acids is 1. The molecule has 0 saturated heterocycles. The first kappa shape index (κ1) is 21.4. The van der Waals surface area contributed by atoms with Gasteiger partial charge in [0.15, 0.2) is 0 Å². The first-order valence-corrected chi connectivity index (χ1v) is 10.7. The Balaban J connectivity index is 2.00. The standard InChI is InChI=1S/C26H35NO2/c1-15(2)19-9-11-20(12-10-19)21-14-29-25-17(4)16(3)24(18(5)23(21)25)27-22(28)13-26(6,7)8/h9-12,15,21H,13-14H2,1-8H3,(H,27,28)/t21-/m0/s1. The summed E-state index contributed by atoms with van der Waals surface area (Å²) in [7, 11) is 0. The zero-order chi connectivity index (χ0) is 21.5. The molecule has 1 aliphatic rings. The van der Waals surface area contributed by atoms with Gasteiger partial charge >= 0.3 is 0 Å². The van der Waals surface area contributed by atoms with Gasteiger partial charge in [0.2, 0.25) is 5.91 Å². The highest BCUT2D eigenvalue weighted by Gasteiger charge is 2.32. The molecule has 2 aromatic carbocycles. The van der Waals surface area contributed by atoms with Crippen LogP contribution in [0.3, 0.4) is 0 Å². The van der Waals surface area contributed by atoms with Gasteiger partial charge < -0.3 is 10.1 Å². The molecule has 2 aromatic rings. The van der Waals surface area contributed by atoms with Gasteiger partial charge in [0.1, 0.15) is 5.75 Å². The van der Waals surface area contributed by atoms with Crippen LogP contribution in [-0.2, 0) is 4.79 Å². The second-order valence-corrected chi connectivity index (χ2v) is 9.96. The molecule has 0 aliphatic carbocycles. The molecule has 0 bridgehead atoms. The quantitative estimate of drug-likeness (QED) is 0.633. The van der Waals surface area contributed by atoms with Gasteiger partial charge in [-0.05, 0) is 59.9 Å². The molecule has 3 heteroatoms. The predicted molar refractivity (Wildman–Crippen MR) is 121 cm³/mol. The number of fused-ring (bicyclic) bond motifs is 1. The smallest absolute Gasteiger partial charge is 0.224 e. The van der Waals surface area contributed by atoms with Crippen molar-refractivity contribution in [3.05, 3.63) is 57.6 Å². The minimum atomic E-state index is -0.0402. The lowest BCUT2D eigenvalue weighted by atomic mass is 9.85. The van der Waals surface area contributed by atoms with Crippen molar-refractivity contribution in [2.45, 2.75) is 73.6 Å². The Kier molecular flexibility index (Phi) is 5.80. The highest BCUT2D eigenvalue weighted by atomic mass is 16.5. The van der Waals surface area contributed by atoms with Crippen molar-refractivity contribution in [2.75, 3.05) is 11.9 Å². The van der Waals surface area contributed by atoms with Crippen LogP contribution >= 0.6 is 0 Å². The first-order valence-electron chi connectivity index (χ1n) is 10.7. The van der Waals surface area contributed by atoms with E-state index in [1.807, 2.05) is 0 Å². The van der Waals surface area contributed by atoms with Crippen LogP contribution in [0.1, 0.15) is 86.3 Å². The Labute approximate surface area is 175 Å². The van der Waals surface area contributed by atoms with E-state index in [9.17, 15) is 4.79 Å². The first-order chi connectivity index (χ1) is 13.5. The van der Waals surface area contributed by atoms with Crippen LogP contribution in [0.5, 0.6) is 5.75 Å². The normalized spacial score (nSPS) is 16.0. The van der Waals surface area contributed by atoms with Gasteiger partial charge in [-0.3, -0.25) is 4.79 Å². The third-order valence-electron chi connectivity index (χ3n) is 6.01. The van der Waals surface area contributed by atoms with Crippen molar-refractivity contribution in [3.8, 4) is 5.75 Å². The van der Waals surface area contributed by atoms with Gasteiger partial charge in [-0.15, -0.1) is 0 Å². The molecule has 0 saturated carbocycles. The van der Waals surface area contributed by atoms with E-state index in [0.717, 1.165) is 28.1 Å². The number of ether oxygens (including phenoxy) is 1. The van der Waals surface area contributed by atoms with Crippen molar-refractivity contribution in [1.82, 2.24) is 0 Å². The Morgan fingerprint density at radius 2 is 1.69 bits per heavy atom. The predicted octanol–water partition coefficient (Wildman–Crippen LogP) is 6.63. The molecule has 0 fully saturated rings. The molecule has 1 amide bonds. The van der Waals surface area contributed by atoms with Gasteiger partial charge in [0, 0.05) is 23.6 Å². The maximum absolute atomic E-state index is 12.7. The van der Waals surface area contributed by atoms with E-state index in [2.05, 4.69) is 85.0 Å². The number of hydrogen-bond donors (Lipinski definition) is 1. The average molecular weight is 394 g/mol. The summed E-state index contributed by atoms with van der Waals surface area (Å²) in [6.07, 6.45) is 0.499. The largest absolute Gasteiger partial charge is 0.492 e. The van der Waals surface area contributed by atoms with Crippen LogP contribution in [0, 0.1) is 26.2 Å². The molecule has 0 spiro atoms. The molecule has 0 unspecified atom stereocenters. The van der Waals surface area contributed by atoms with E-state index in [4.69, 9.17) is 4.74 Å². The summed E-state index contributed by atoms with van der Waals surface area (Å²) in [5, 5.41) is 3.21. The summed E-state index contributed by atoms with van der Waals surface area (Å²) in [6, 6.07) is 8.90. The minimum absolute atomic E-state index is 0.0402. The molecule has 1 aliphatic heterocycles. The molecule has 1 atom stereocenters. The Bertz CT molecular complexity index is 917. The van der Waals surface area contributed by atoms with E-state index in [1.165, 1.54) is 16.7 Å². The third-order valence-corrected chi connectivity index (χ3v) is 6.01. The lowest BCUT2D eigenvalue weighted by Gasteiger charge is -2.22. The van der Waals surface area contributed by atoms with Crippen molar-refractivity contribution < 1.29 is 9.53 Å². The van der Waals surface area contributed by atoms with Crippen molar-refractivity contribution in [2.24, 2.45) is 5.41 Å². The van der Waals surface area contributed by atoms with E-state index in [1.54, 1.807) is 0 Å². The highest BCUT2D eigenvalue weighted by Crippen LogP contribution is 2.47. The second kappa shape index (κ2) is 7.85. The highest BCUT2D eigenvalue weighted by molar-refractivity contribution is 5.93. The van der Waals surface area contributed by atoms with Crippen molar-refractivity contribution in [3.63, 3.8) is 0 Å². The summed E-state index contributed by atoms with van der Waals surface area (Å²) in [5.41, 5.74) is 8.09. The van der Waals surface area contributed by atoms with Crippen molar-refractivity contribution in [1.29, 1.82) is 0 Å². The van der Waals surface area contributed by atoms with Crippen LogP contribution in [0.2, 0.25) is 0 Å². The van der Waals surface area contributed by atoms with Gasteiger partial charge in [-0.2, -0.15) is 0 Å². The van der Waals surface area contributed by atoms with E-state index in [0.29, 0.717) is 18.9 Å². The molecule has 0 radical (unpaired) electrons. The minimum Gasteiger partial charge on any atom is -0.492 e. The number of benzene rings is 2. The zero-order valence-corrected chi connectivity index (χ0v) is 19.2. The van der Waals surface area contributed by atoms with Gasteiger partial charge in [-0.1, -0.05) is 58.9 Å². The molecule has 1 heterocycles. The number of rotatable bonds is 4. The number of amides is 1. The molecule has 29 heavy (non-hydrogen) atoms. The summed E-state index contributed by atoms with van der Waals surface area (Å²) in [5.74, 6) is 1.78. The SMILES string of the molecule is Cc1c(C)c2c(c(C)c1NC(=O)CC(C)(C)C)[C@H](c1ccc(C(C)C)cc1)CO2. The topological polar surface area (TPSA) is 38.3 Å². The molecule has 3 nitrogen and oxygen atoms in total. The lowest BCUT2D eigenvalue weighted by Crippen LogP contribution is -2.21. The van der Waals surface area contributed by atoms with Crippen LogP contribution < -0.4 is 10.1 Å². The molecular weight excluding hydrogens is 358 g/mol. The number of hydrogen-bond acceptors (Lipinski definition) is 2. The zero-order valence-electron chi connectivity index (χ0n) is 19.2. The Hall–Kier alpha value is -2.29. The monoisotopic (exact) mass is 393 g/mol. The van der Waals surface area contributed by atoms with Crippen LogP contribution in [-0.4, -0.2) is 12.5 Å². The van der Waals surface area contributed by atoms with Crippen LogP contribution in [0.15, 0.2) is 24.3 Å². The fraction of sp³-hybridized carbons (Fsp3) is 0.500. The fourth-order valence-electron chi connectivity index (χ4n) is 4.23. The lowest BCUT2D eigenvalue weighted by molar-refractivity contribution is -0.117. The Morgan fingerprint density at radius 1 is 1.07 bits per heavy atom. The third kappa shape index (κ3) is 4.34. The summed E-state index contributed by atoms with van der Waals surface area (Å²) in [6.45, 7) is 17.6. The van der Waals surface area contributed by atoms with E-state index in [-0.39, 0.29) is 17.2 Å². The van der Waals surface area contributed by atoms with E-state index < -0.39 is 0 Å². The van der Waals surface area contributed by atoms with Gasteiger partial charge in [-0.25, -0.2) is 0 Å². The van der Waals surface area contributed by atoms with Crippen molar-refractivity contribution >= 4 is 11.6 Å². The fourth-order valence-corrected chi connectivity index (χ4v) is 4.23. The molecule has 0 aromatic heterocycles. The number of anilines is 1. The van der Waals surface area contributed by atoms with Crippen LogP contribution in [0.4, 0.5) is 5.69 Å². The van der Waals surface area contributed by atoms with Crippen LogP contribution in [0.25, 0.3) is 0 Å². The van der Waals surface area contributed by atoms with Gasteiger partial charge in [0.25, 0.3) is 0 Å². The second-order valence-electron chi connectivity index (χ2n) is 9.96. The molecule has 3 rings (SSSR count). The Morgan fingerprint density at radius 3 is 2.24 bits per heavy atom. The summed E-state index contributed by atoms with van der Waals surface area (Å²) >= 11 is 0. The maximum atomic E-state index is 12.7. The average Bonchev–Trinajstić information content (AvgIpc) is 3.07. The molecular formula is C26H35NO2. The number of nitrogens with one attached hydrogen (secondary N) is 1. The number of carbonyl (C=O) groups is 1. The molecule has 1 N–H and O–H groups in total. The summed E-state index contributed by atoms with van der Waals surface area (Å²) in [4.78, 5) is 12.7. The van der Waals surface area contributed by atoms with E-state index >= 15 is 0 Å². The summed E-state index contributed by atoms with van der Waals surface area (Å²) < 4.78 is 6.16. The molecule has 156 valence electrons. The van der Waals surface area contributed by atoms with Gasteiger partial charge in [0.05, 0.1) is 6.61 Å².